The topological polar surface area (TPSA) is 189 Å². The zero-order chi connectivity index (χ0) is 40.5. The van der Waals surface area contributed by atoms with Gasteiger partial charge in [0.2, 0.25) is 41.4 Å². The molecular formula is C37H67N7O8. The molecule has 0 saturated carbocycles. The van der Waals surface area contributed by atoms with Crippen molar-refractivity contribution in [1.82, 2.24) is 35.6 Å². The van der Waals surface area contributed by atoms with Crippen LogP contribution >= 0.6 is 0 Å². The Morgan fingerprint density at radius 3 is 1.46 bits per heavy atom. The molecule has 1 rings (SSSR count). The van der Waals surface area contributed by atoms with Crippen LogP contribution in [0.5, 0.6) is 0 Å². The summed E-state index contributed by atoms with van der Waals surface area (Å²) in [6.07, 6.45) is -0.371. The maximum atomic E-state index is 14.1. The van der Waals surface area contributed by atoms with Gasteiger partial charge < -0.3 is 40.7 Å². The fourth-order valence-electron chi connectivity index (χ4n) is 6.03. The Morgan fingerprint density at radius 2 is 1.00 bits per heavy atom. The lowest BCUT2D eigenvalue weighted by Gasteiger charge is -2.37. The number of rotatable bonds is 8. The van der Waals surface area contributed by atoms with Crippen molar-refractivity contribution < 1.29 is 38.7 Å². The van der Waals surface area contributed by atoms with Crippen LogP contribution in [0.15, 0.2) is 0 Å². The summed E-state index contributed by atoms with van der Waals surface area (Å²) in [5, 5.41) is 19.3. The molecule has 15 heteroatoms. The summed E-state index contributed by atoms with van der Waals surface area (Å²) >= 11 is 0. The first-order valence-corrected chi connectivity index (χ1v) is 18.6. The molecule has 0 unspecified atom stereocenters. The second-order valence-electron chi connectivity index (χ2n) is 15.8. The van der Waals surface area contributed by atoms with E-state index in [1.165, 1.54) is 63.7 Å². The Balaban J connectivity index is 3.92. The van der Waals surface area contributed by atoms with Crippen LogP contribution in [0.4, 0.5) is 0 Å². The molecule has 9 atom stereocenters. The van der Waals surface area contributed by atoms with Crippen molar-refractivity contribution in [3.8, 4) is 0 Å². The second kappa shape index (κ2) is 19.9. The molecule has 52 heavy (non-hydrogen) atoms. The molecule has 298 valence electrons. The van der Waals surface area contributed by atoms with E-state index >= 15 is 0 Å². The van der Waals surface area contributed by atoms with Crippen LogP contribution in [0.1, 0.15) is 95.4 Å². The van der Waals surface area contributed by atoms with Crippen LogP contribution in [0.3, 0.4) is 0 Å². The minimum absolute atomic E-state index is 0.0253. The van der Waals surface area contributed by atoms with Gasteiger partial charge in [-0.3, -0.25) is 33.6 Å². The SMILES string of the molecule is CC[C@@H](C)[C@@H]1NC(=O)[C@H]([C@H](O)C(C)C)NC(=O)[C@@H](C)N(C)C(=O)[C@H](C)N(C)C(=O)[C@H](CC(C)C)NC(=O)[C@H](CC(C)C)N(C)C(=O)[C@@H](C)N(C)C1=O. The molecule has 0 spiro atoms. The Hall–Kier alpha value is -3.75. The van der Waals surface area contributed by atoms with Crippen LogP contribution in [0.25, 0.3) is 0 Å². The highest BCUT2D eigenvalue weighted by molar-refractivity contribution is 5.98. The maximum Gasteiger partial charge on any atom is 0.245 e. The van der Waals surface area contributed by atoms with Gasteiger partial charge in [0.1, 0.15) is 42.3 Å². The second-order valence-corrected chi connectivity index (χ2v) is 15.8. The molecule has 0 aromatic carbocycles. The van der Waals surface area contributed by atoms with Crippen molar-refractivity contribution in [3.63, 3.8) is 0 Å². The van der Waals surface area contributed by atoms with Crippen molar-refractivity contribution in [2.45, 2.75) is 144 Å². The highest BCUT2D eigenvalue weighted by Gasteiger charge is 2.41. The minimum atomic E-state index is -1.49. The Morgan fingerprint density at radius 1 is 0.558 bits per heavy atom. The van der Waals surface area contributed by atoms with E-state index in [0.29, 0.717) is 6.42 Å². The summed E-state index contributed by atoms with van der Waals surface area (Å²) in [7, 11) is 5.77. The molecule has 0 aromatic heterocycles. The molecule has 4 N–H and O–H groups in total. The van der Waals surface area contributed by atoms with E-state index in [1.54, 1.807) is 20.8 Å². The summed E-state index contributed by atoms with van der Waals surface area (Å²) in [5.74, 6) is -5.26. The van der Waals surface area contributed by atoms with Crippen LogP contribution in [-0.4, -0.2) is 143 Å². The van der Waals surface area contributed by atoms with Gasteiger partial charge in [-0.2, -0.15) is 0 Å². The molecule has 0 bridgehead atoms. The number of aliphatic hydroxyl groups is 1. The van der Waals surface area contributed by atoms with E-state index in [-0.39, 0.29) is 24.7 Å². The van der Waals surface area contributed by atoms with Crippen LogP contribution in [0, 0.1) is 23.7 Å². The van der Waals surface area contributed by atoms with Crippen molar-refractivity contribution in [3.05, 3.63) is 0 Å². The summed E-state index contributed by atoms with van der Waals surface area (Å²) in [4.78, 5) is 102. The summed E-state index contributed by atoms with van der Waals surface area (Å²) in [6, 6.07) is -7.89. The molecule has 7 amide bonds. The molecule has 1 fully saturated rings. The molecule has 1 saturated heterocycles. The van der Waals surface area contributed by atoms with Crippen molar-refractivity contribution in [2.75, 3.05) is 28.2 Å². The number of hydrogen-bond acceptors (Lipinski definition) is 8. The number of nitrogens with zero attached hydrogens (tertiary/aromatic N) is 4. The summed E-state index contributed by atoms with van der Waals surface area (Å²) < 4.78 is 0. The number of amides is 7. The predicted molar refractivity (Wildman–Crippen MR) is 198 cm³/mol. The lowest BCUT2D eigenvalue weighted by Crippen LogP contribution is -2.63. The lowest BCUT2D eigenvalue weighted by atomic mass is 9.94. The predicted octanol–water partition coefficient (Wildman–Crippen LogP) is 0.977. The maximum absolute atomic E-state index is 14.1. The van der Waals surface area contributed by atoms with Crippen LogP contribution in [0.2, 0.25) is 0 Å². The first kappa shape index (κ1) is 46.3. The van der Waals surface area contributed by atoms with Crippen molar-refractivity contribution in [2.24, 2.45) is 23.7 Å². The summed E-state index contributed by atoms with van der Waals surface area (Å²) in [5.41, 5.74) is 0. The van der Waals surface area contributed by atoms with Gasteiger partial charge in [0.15, 0.2) is 0 Å². The van der Waals surface area contributed by atoms with Crippen molar-refractivity contribution >= 4 is 41.4 Å². The van der Waals surface area contributed by atoms with Gasteiger partial charge >= 0.3 is 0 Å². The number of aliphatic hydroxyl groups excluding tert-OH is 1. The highest BCUT2D eigenvalue weighted by Crippen LogP contribution is 2.19. The minimum Gasteiger partial charge on any atom is -0.390 e. The van der Waals surface area contributed by atoms with Crippen molar-refractivity contribution in [1.29, 1.82) is 0 Å². The van der Waals surface area contributed by atoms with Crippen LogP contribution in [-0.2, 0) is 33.6 Å². The zero-order valence-corrected chi connectivity index (χ0v) is 34.1. The fourth-order valence-corrected chi connectivity index (χ4v) is 6.03. The monoisotopic (exact) mass is 738 g/mol. The van der Waals surface area contributed by atoms with Gasteiger partial charge in [-0.25, -0.2) is 0 Å². The van der Waals surface area contributed by atoms with Gasteiger partial charge in [-0.15, -0.1) is 0 Å². The third-order valence-electron chi connectivity index (χ3n) is 10.4. The van der Waals surface area contributed by atoms with E-state index in [4.69, 9.17) is 0 Å². The van der Waals surface area contributed by atoms with Gasteiger partial charge in [-0.1, -0.05) is 61.8 Å². The summed E-state index contributed by atoms with van der Waals surface area (Å²) in [6.45, 7) is 19.1. The molecular weight excluding hydrogens is 670 g/mol. The molecule has 0 aliphatic carbocycles. The molecule has 0 aromatic rings. The number of hydrogen-bond donors (Lipinski definition) is 4. The molecule has 15 nitrogen and oxygen atoms in total. The first-order chi connectivity index (χ1) is 23.9. The van der Waals surface area contributed by atoms with E-state index in [0.717, 1.165) is 4.90 Å². The van der Waals surface area contributed by atoms with Gasteiger partial charge in [-0.05, 0) is 57.3 Å². The number of carbonyl (C=O) groups is 7. The highest BCUT2D eigenvalue weighted by atomic mass is 16.3. The van der Waals surface area contributed by atoms with Gasteiger partial charge in [0, 0.05) is 28.2 Å². The van der Waals surface area contributed by atoms with E-state index in [9.17, 15) is 38.7 Å². The normalized spacial score (nSPS) is 28.6. The smallest absolute Gasteiger partial charge is 0.245 e. The Bertz CT molecular complexity index is 1290. The number of nitrogens with one attached hydrogen (secondary N) is 3. The average molecular weight is 738 g/mol. The molecule has 1 aliphatic heterocycles. The van der Waals surface area contributed by atoms with E-state index in [1.807, 2.05) is 34.6 Å². The third-order valence-corrected chi connectivity index (χ3v) is 10.4. The largest absolute Gasteiger partial charge is 0.390 e. The van der Waals surface area contributed by atoms with Gasteiger partial charge in [0.25, 0.3) is 0 Å². The molecule has 0 radical (unpaired) electrons. The van der Waals surface area contributed by atoms with E-state index in [2.05, 4.69) is 16.0 Å². The zero-order valence-electron chi connectivity index (χ0n) is 34.1. The number of likely N-dealkylation sites (N-methyl/N-ethyl adjacent to an activating group) is 4. The standard InChI is InChI=1S/C37H67N7O8/c1-16-22(8)28-37(52)43(14)25(11)35(50)44(15)27(18-20(4)5)32(47)38-26(17-19(2)3)36(51)42(13)24(10)34(49)41(12)23(9)31(46)40-29(33(48)39-28)30(45)21(6)7/h19-30,45H,16-18H2,1-15H3,(H,38,47)(H,39,48)(H,40,46)/t22-,23-,24+,25-,26+,27+,28+,29+,30-/m1/s1. The Kier molecular flexibility index (Phi) is 17.7. The Labute approximate surface area is 310 Å². The average Bonchev–Trinajstić information content (AvgIpc) is 3.09. The fraction of sp³-hybridized carbons (Fsp3) is 0.811. The first-order valence-electron chi connectivity index (χ1n) is 18.6. The molecule has 1 aliphatic rings. The quantitative estimate of drug-likeness (QED) is 0.284. The molecule has 1 heterocycles. The van der Waals surface area contributed by atoms with E-state index < -0.39 is 102 Å². The lowest BCUT2D eigenvalue weighted by molar-refractivity contribution is -0.150. The van der Waals surface area contributed by atoms with Crippen LogP contribution < -0.4 is 16.0 Å². The van der Waals surface area contributed by atoms with Gasteiger partial charge in [0.05, 0.1) is 6.10 Å². The third kappa shape index (κ3) is 11.6. The number of carbonyl (C=O) groups excluding carboxylic acids is 7.